The second-order valence-corrected chi connectivity index (χ2v) is 5.16. The van der Waals surface area contributed by atoms with Gasteiger partial charge in [-0.15, -0.1) is 0 Å². The second-order valence-electron chi connectivity index (χ2n) is 4.13. The Morgan fingerprint density at radius 2 is 2.26 bits per heavy atom. The molecule has 3 aromatic rings. The number of nitrogens with zero attached hydrogens (tertiary/aromatic N) is 1. The summed E-state index contributed by atoms with van der Waals surface area (Å²) in [5, 5.41) is 3.26. The number of anilines is 2. The van der Waals surface area contributed by atoms with E-state index >= 15 is 0 Å². The standard InChI is InChI=1S/C13H11N3O2S/c1-7-4-5-18-11(7)12(17)16-13-15-9-3-2-8(14)6-10(9)19-13/h2-6H,14H2,1H3,(H,15,16,17). The number of rotatable bonds is 2. The van der Waals surface area contributed by atoms with E-state index in [0.29, 0.717) is 16.6 Å². The normalized spacial score (nSPS) is 10.8. The van der Waals surface area contributed by atoms with Crippen molar-refractivity contribution in [1.82, 2.24) is 4.98 Å². The number of hydrogen-bond donors (Lipinski definition) is 2. The Labute approximate surface area is 113 Å². The van der Waals surface area contributed by atoms with Gasteiger partial charge < -0.3 is 10.2 Å². The SMILES string of the molecule is Cc1ccoc1C(=O)Nc1nc2ccc(N)cc2s1. The monoisotopic (exact) mass is 273 g/mol. The number of fused-ring (bicyclic) bond motifs is 1. The maximum Gasteiger partial charge on any atom is 0.293 e. The molecule has 0 saturated heterocycles. The number of nitrogens with two attached hydrogens (primary N) is 1. The zero-order valence-electron chi connectivity index (χ0n) is 10.1. The molecule has 0 aliphatic heterocycles. The molecule has 0 saturated carbocycles. The topological polar surface area (TPSA) is 81.2 Å². The Balaban J connectivity index is 1.89. The average molecular weight is 273 g/mol. The highest BCUT2D eigenvalue weighted by molar-refractivity contribution is 7.22. The van der Waals surface area contributed by atoms with Crippen molar-refractivity contribution < 1.29 is 9.21 Å². The zero-order valence-corrected chi connectivity index (χ0v) is 11.0. The van der Waals surface area contributed by atoms with E-state index in [2.05, 4.69) is 10.3 Å². The molecule has 0 spiro atoms. The predicted octanol–water partition coefficient (Wildman–Crippen LogP) is 3.03. The molecule has 0 unspecified atom stereocenters. The molecule has 1 aromatic carbocycles. The van der Waals surface area contributed by atoms with Crippen LogP contribution in [-0.2, 0) is 0 Å². The van der Waals surface area contributed by atoms with E-state index in [1.54, 1.807) is 12.1 Å². The first-order valence-corrected chi connectivity index (χ1v) is 6.46. The molecular weight excluding hydrogens is 262 g/mol. The molecular formula is C13H11N3O2S. The fourth-order valence-electron chi connectivity index (χ4n) is 1.75. The van der Waals surface area contributed by atoms with Crippen molar-refractivity contribution in [3.05, 3.63) is 41.9 Å². The van der Waals surface area contributed by atoms with E-state index in [-0.39, 0.29) is 5.91 Å². The Hall–Kier alpha value is -2.34. The highest BCUT2D eigenvalue weighted by Crippen LogP contribution is 2.28. The molecule has 2 aromatic heterocycles. The van der Waals surface area contributed by atoms with E-state index in [9.17, 15) is 4.79 Å². The Morgan fingerprint density at radius 1 is 1.42 bits per heavy atom. The Kier molecular flexibility index (Phi) is 2.72. The first kappa shape index (κ1) is 11.7. The van der Waals surface area contributed by atoms with Gasteiger partial charge in [-0.1, -0.05) is 11.3 Å². The van der Waals surface area contributed by atoms with Crippen LogP contribution in [0.25, 0.3) is 10.2 Å². The number of carbonyl (C=O) groups is 1. The molecule has 2 heterocycles. The number of hydrogen-bond acceptors (Lipinski definition) is 5. The lowest BCUT2D eigenvalue weighted by atomic mass is 10.3. The van der Waals surface area contributed by atoms with Crippen LogP contribution < -0.4 is 11.1 Å². The van der Waals surface area contributed by atoms with Crippen LogP contribution >= 0.6 is 11.3 Å². The molecule has 0 aliphatic carbocycles. The minimum absolute atomic E-state index is 0.297. The molecule has 0 atom stereocenters. The van der Waals surface area contributed by atoms with Gasteiger partial charge in [-0.05, 0) is 31.2 Å². The molecule has 19 heavy (non-hydrogen) atoms. The summed E-state index contributed by atoms with van der Waals surface area (Å²) in [7, 11) is 0. The van der Waals surface area contributed by atoms with Crippen molar-refractivity contribution in [2.24, 2.45) is 0 Å². The number of benzene rings is 1. The van der Waals surface area contributed by atoms with Gasteiger partial charge in [0, 0.05) is 11.3 Å². The van der Waals surface area contributed by atoms with Gasteiger partial charge in [0.15, 0.2) is 10.9 Å². The summed E-state index contributed by atoms with van der Waals surface area (Å²) >= 11 is 1.38. The van der Waals surface area contributed by atoms with Crippen LogP contribution in [0.4, 0.5) is 10.8 Å². The molecule has 0 radical (unpaired) electrons. The Morgan fingerprint density at radius 3 is 3.00 bits per heavy atom. The summed E-state index contributed by atoms with van der Waals surface area (Å²) in [6.07, 6.45) is 1.49. The third kappa shape index (κ3) is 2.17. The van der Waals surface area contributed by atoms with E-state index in [1.165, 1.54) is 17.6 Å². The number of furan rings is 1. The molecule has 0 bridgehead atoms. The quantitative estimate of drug-likeness (QED) is 0.703. The van der Waals surface area contributed by atoms with Gasteiger partial charge in [0.05, 0.1) is 16.5 Å². The second kappa shape index (κ2) is 4.40. The van der Waals surface area contributed by atoms with Crippen molar-refractivity contribution in [3.8, 4) is 0 Å². The maximum absolute atomic E-state index is 12.0. The lowest BCUT2D eigenvalue weighted by Crippen LogP contribution is -2.11. The summed E-state index contributed by atoms with van der Waals surface area (Å²) in [5.74, 6) is 0.00768. The van der Waals surface area contributed by atoms with Crippen LogP contribution in [0.2, 0.25) is 0 Å². The molecule has 0 aliphatic rings. The third-order valence-electron chi connectivity index (χ3n) is 2.70. The third-order valence-corrected chi connectivity index (χ3v) is 3.63. The highest BCUT2D eigenvalue weighted by atomic mass is 32.1. The van der Waals surface area contributed by atoms with Gasteiger partial charge in [0.25, 0.3) is 5.91 Å². The maximum atomic E-state index is 12.0. The van der Waals surface area contributed by atoms with Gasteiger partial charge in [-0.25, -0.2) is 4.98 Å². The number of aromatic nitrogens is 1. The molecule has 0 fully saturated rings. The molecule has 6 heteroatoms. The molecule has 5 nitrogen and oxygen atoms in total. The van der Waals surface area contributed by atoms with E-state index in [1.807, 2.05) is 19.1 Å². The fourth-order valence-corrected chi connectivity index (χ4v) is 2.66. The molecule has 1 amide bonds. The summed E-state index contributed by atoms with van der Waals surface area (Å²) in [6, 6.07) is 7.19. The van der Waals surface area contributed by atoms with Crippen LogP contribution in [0.1, 0.15) is 16.1 Å². The van der Waals surface area contributed by atoms with Crippen LogP contribution in [-0.4, -0.2) is 10.9 Å². The predicted molar refractivity (Wildman–Crippen MR) is 75.4 cm³/mol. The van der Waals surface area contributed by atoms with Crippen molar-refractivity contribution in [2.75, 3.05) is 11.1 Å². The van der Waals surface area contributed by atoms with Crippen molar-refractivity contribution >= 4 is 38.3 Å². The lowest BCUT2D eigenvalue weighted by Gasteiger charge is -1.98. The Bertz CT molecular complexity index is 760. The first-order chi connectivity index (χ1) is 9.13. The van der Waals surface area contributed by atoms with Gasteiger partial charge in [0.2, 0.25) is 0 Å². The highest BCUT2D eigenvalue weighted by Gasteiger charge is 2.14. The van der Waals surface area contributed by atoms with Crippen LogP contribution in [0.5, 0.6) is 0 Å². The van der Waals surface area contributed by atoms with Crippen LogP contribution in [0, 0.1) is 6.92 Å². The average Bonchev–Trinajstić information content (AvgIpc) is 2.94. The lowest BCUT2D eigenvalue weighted by molar-refractivity contribution is 0.0996. The number of carbonyl (C=O) groups excluding carboxylic acids is 1. The fraction of sp³-hybridized carbons (Fsp3) is 0.0769. The van der Waals surface area contributed by atoms with Gasteiger partial charge >= 0.3 is 0 Å². The van der Waals surface area contributed by atoms with Gasteiger partial charge in [-0.3, -0.25) is 10.1 Å². The number of aryl methyl sites for hydroxylation is 1. The van der Waals surface area contributed by atoms with Gasteiger partial charge in [0.1, 0.15) is 0 Å². The largest absolute Gasteiger partial charge is 0.459 e. The minimum Gasteiger partial charge on any atom is -0.459 e. The van der Waals surface area contributed by atoms with Crippen LogP contribution in [0.3, 0.4) is 0 Å². The minimum atomic E-state index is -0.297. The van der Waals surface area contributed by atoms with Crippen molar-refractivity contribution in [2.45, 2.75) is 6.92 Å². The summed E-state index contributed by atoms with van der Waals surface area (Å²) in [6.45, 7) is 1.82. The summed E-state index contributed by atoms with van der Waals surface area (Å²) < 4.78 is 6.07. The van der Waals surface area contributed by atoms with E-state index in [4.69, 9.17) is 10.2 Å². The number of nitrogens with one attached hydrogen (secondary N) is 1. The van der Waals surface area contributed by atoms with Crippen molar-refractivity contribution in [1.29, 1.82) is 0 Å². The number of nitrogen functional groups attached to an aromatic ring is 1. The summed E-state index contributed by atoms with van der Waals surface area (Å²) in [5.41, 5.74) is 7.99. The number of thiazole rings is 1. The smallest absolute Gasteiger partial charge is 0.293 e. The molecule has 3 rings (SSSR count). The molecule has 3 N–H and O–H groups in total. The summed E-state index contributed by atoms with van der Waals surface area (Å²) in [4.78, 5) is 16.3. The van der Waals surface area contributed by atoms with Crippen molar-refractivity contribution in [3.63, 3.8) is 0 Å². The van der Waals surface area contributed by atoms with E-state index in [0.717, 1.165) is 15.8 Å². The first-order valence-electron chi connectivity index (χ1n) is 5.65. The van der Waals surface area contributed by atoms with Gasteiger partial charge in [-0.2, -0.15) is 0 Å². The molecule has 96 valence electrons. The zero-order chi connectivity index (χ0) is 13.4. The van der Waals surface area contributed by atoms with Crippen LogP contribution in [0.15, 0.2) is 34.9 Å². The number of amides is 1. The van der Waals surface area contributed by atoms with E-state index < -0.39 is 0 Å².